The van der Waals surface area contributed by atoms with Gasteiger partial charge in [-0.2, -0.15) is 0 Å². The smallest absolute Gasteiger partial charge is 0.211 e. The van der Waals surface area contributed by atoms with E-state index < -0.39 is 0 Å². The van der Waals surface area contributed by atoms with Crippen LogP contribution in [0.3, 0.4) is 0 Å². The third kappa shape index (κ3) is 2.57. The Morgan fingerprint density at radius 2 is 2.06 bits per heavy atom. The van der Waals surface area contributed by atoms with Crippen LogP contribution in [0.15, 0.2) is 48.8 Å². The maximum Gasteiger partial charge on any atom is 0.211 e. The summed E-state index contributed by atoms with van der Waals surface area (Å²) in [4.78, 5) is 14.2. The van der Waals surface area contributed by atoms with Crippen LogP contribution in [0.25, 0.3) is 0 Å². The van der Waals surface area contributed by atoms with Crippen molar-refractivity contribution in [3.63, 3.8) is 0 Å². The molecular formula is C12H10N2O2. The van der Waals surface area contributed by atoms with Gasteiger partial charge in [0.15, 0.2) is 0 Å². The Morgan fingerprint density at radius 1 is 1.19 bits per heavy atom. The summed E-state index contributed by atoms with van der Waals surface area (Å²) in [5, 5.41) is 2.56. The van der Waals surface area contributed by atoms with Gasteiger partial charge in [0.1, 0.15) is 11.5 Å². The highest BCUT2D eigenvalue weighted by molar-refractivity contribution is 5.71. The van der Waals surface area contributed by atoms with Crippen LogP contribution in [0.1, 0.15) is 0 Å². The van der Waals surface area contributed by atoms with E-state index in [-0.39, 0.29) is 0 Å². The fraction of sp³-hybridized carbons (Fsp3) is 0. The molecule has 0 atom stereocenters. The van der Waals surface area contributed by atoms with E-state index in [0.717, 1.165) is 0 Å². The second-order valence-corrected chi connectivity index (χ2v) is 3.08. The van der Waals surface area contributed by atoms with Gasteiger partial charge in [-0.25, -0.2) is 0 Å². The molecule has 1 amide bonds. The molecule has 2 aromatic rings. The van der Waals surface area contributed by atoms with Gasteiger partial charge in [-0.15, -0.1) is 0 Å². The van der Waals surface area contributed by atoms with E-state index in [1.165, 1.54) is 0 Å². The number of aromatic nitrogens is 1. The van der Waals surface area contributed by atoms with E-state index in [2.05, 4.69) is 10.3 Å². The van der Waals surface area contributed by atoms with Crippen molar-refractivity contribution in [1.29, 1.82) is 0 Å². The molecule has 2 rings (SSSR count). The quantitative estimate of drug-likeness (QED) is 0.795. The minimum Gasteiger partial charge on any atom is -0.456 e. The van der Waals surface area contributed by atoms with Crippen molar-refractivity contribution in [3.05, 3.63) is 48.8 Å². The molecule has 0 saturated carbocycles. The molecule has 0 aliphatic heterocycles. The molecule has 0 unspecified atom stereocenters. The van der Waals surface area contributed by atoms with Crippen molar-refractivity contribution in [2.24, 2.45) is 0 Å². The Morgan fingerprint density at radius 3 is 2.81 bits per heavy atom. The van der Waals surface area contributed by atoms with Gasteiger partial charge in [0.25, 0.3) is 0 Å². The van der Waals surface area contributed by atoms with E-state index in [1.54, 1.807) is 36.7 Å². The van der Waals surface area contributed by atoms with Crippen molar-refractivity contribution < 1.29 is 9.53 Å². The molecule has 0 saturated heterocycles. The number of carbonyl (C=O) groups is 1. The number of benzene rings is 1. The maximum atomic E-state index is 10.3. The number of hydrogen-bond donors (Lipinski definition) is 1. The molecule has 80 valence electrons. The Kier molecular flexibility index (Phi) is 3.13. The summed E-state index contributed by atoms with van der Waals surface area (Å²) in [6, 6.07) is 10.7. The van der Waals surface area contributed by atoms with Crippen LogP contribution in [0.4, 0.5) is 5.69 Å². The Balaban J connectivity index is 2.15. The monoisotopic (exact) mass is 214 g/mol. The molecule has 0 aliphatic rings. The van der Waals surface area contributed by atoms with Crippen molar-refractivity contribution >= 4 is 12.1 Å². The van der Waals surface area contributed by atoms with E-state index in [1.807, 2.05) is 12.1 Å². The number of amides is 1. The number of rotatable bonds is 4. The summed E-state index contributed by atoms with van der Waals surface area (Å²) in [5.41, 5.74) is 0.691. The third-order valence-electron chi connectivity index (χ3n) is 1.93. The van der Waals surface area contributed by atoms with Gasteiger partial charge in [0.2, 0.25) is 6.41 Å². The molecule has 0 spiro atoms. The first-order valence-electron chi connectivity index (χ1n) is 4.76. The molecule has 0 radical (unpaired) electrons. The zero-order valence-electron chi connectivity index (χ0n) is 8.46. The maximum absolute atomic E-state index is 10.3. The Hall–Kier alpha value is -2.36. The van der Waals surface area contributed by atoms with Crippen molar-refractivity contribution in [2.45, 2.75) is 0 Å². The average Bonchev–Trinajstić information content (AvgIpc) is 2.31. The van der Waals surface area contributed by atoms with Gasteiger partial charge in [-0.3, -0.25) is 9.78 Å². The van der Waals surface area contributed by atoms with Crippen LogP contribution < -0.4 is 10.1 Å². The van der Waals surface area contributed by atoms with E-state index >= 15 is 0 Å². The molecule has 4 heteroatoms. The fourth-order valence-electron chi connectivity index (χ4n) is 1.26. The first-order chi connectivity index (χ1) is 7.88. The SMILES string of the molecule is O=CNc1cccc(Oc2cccnc2)c1. The largest absolute Gasteiger partial charge is 0.456 e. The van der Waals surface area contributed by atoms with E-state index in [9.17, 15) is 4.79 Å². The highest BCUT2D eigenvalue weighted by Gasteiger charge is 1.97. The summed E-state index contributed by atoms with van der Waals surface area (Å²) in [6.45, 7) is 0. The third-order valence-corrected chi connectivity index (χ3v) is 1.93. The average molecular weight is 214 g/mol. The van der Waals surface area contributed by atoms with Gasteiger partial charge >= 0.3 is 0 Å². The second-order valence-electron chi connectivity index (χ2n) is 3.08. The van der Waals surface area contributed by atoms with Gasteiger partial charge in [0.05, 0.1) is 6.20 Å². The molecule has 1 N–H and O–H groups in total. The molecule has 0 fully saturated rings. The van der Waals surface area contributed by atoms with Gasteiger partial charge in [-0.05, 0) is 24.3 Å². The molecular weight excluding hydrogens is 204 g/mol. The molecule has 0 bridgehead atoms. The standard InChI is InChI=1S/C12H10N2O2/c15-9-14-10-3-1-4-11(7-10)16-12-5-2-6-13-8-12/h1-9H,(H,14,15). The zero-order chi connectivity index (χ0) is 11.2. The van der Waals surface area contributed by atoms with Crippen LogP contribution in [-0.2, 0) is 4.79 Å². The normalized spacial score (nSPS) is 9.50. The van der Waals surface area contributed by atoms with Crippen molar-refractivity contribution in [1.82, 2.24) is 4.98 Å². The first-order valence-corrected chi connectivity index (χ1v) is 4.76. The summed E-state index contributed by atoms with van der Waals surface area (Å²) in [7, 11) is 0. The van der Waals surface area contributed by atoms with Crippen LogP contribution in [0.5, 0.6) is 11.5 Å². The highest BCUT2D eigenvalue weighted by atomic mass is 16.5. The minimum absolute atomic E-state index is 0.628. The zero-order valence-corrected chi connectivity index (χ0v) is 8.46. The first kappa shape index (κ1) is 10.2. The van der Waals surface area contributed by atoms with Gasteiger partial charge < -0.3 is 10.1 Å². The number of anilines is 1. The molecule has 16 heavy (non-hydrogen) atoms. The lowest BCUT2D eigenvalue weighted by Crippen LogP contribution is -1.93. The topological polar surface area (TPSA) is 51.2 Å². The Labute approximate surface area is 92.9 Å². The van der Waals surface area contributed by atoms with Crippen LogP contribution >= 0.6 is 0 Å². The number of carbonyl (C=O) groups excluding carboxylic acids is 1. The molecule has 1 aromatic heterocycles. The lowest BCUT2D eigenvalue weighted by molar-refractivity contribution is -0.105. The minimum atomic E-state index is 0.628. The highest BCUT2D eigenvalue weighted by Crippen LogP contribution is 2.22. The number of hydrogen-bond acceptors (Lipinski definition) is 3. The second kappa shape index (κ2) is 4.93. The lowest BCUT2D eigenvalue weighted by atomic mass is 10.3. The number of pyridine rings is 1. The van der Waals surface area contributed by atoms with E-state index in [0.29, 0.717) is 23.6 Å². The lowest BCUT2D eigenvalue weighted by Gasteiger charge is -2.06. The van der Waals surface area contributed by atoms with Crippen LogP contribution in [0.2, 0.25) is 0 Å². The van der Waals surface area contributed by atoms with Gasteiger partial charge in [0, 0.05) is 18.0 Å². The number of nitrogens with zero attached hydrogens (tertiary/aromatic N) is 1. The molecule has 4 nitrogen and oxygen atoms in total. The predicted molar refractivity (Wildman–Crippen MR) is 60.4 cm³/mol. The molecule has 1 heterocycles. The molecule has 1 aromatic carbocycles. The fourth-order valence-corrected chi connectivity index (χ4v) is 1.26. The van der Waals surface area contributed by atoms with Gasteiger partial charge in [-0.1, -0.05) is 6.07 Å². The van der Waals surface area contributed by atoms with Crippen LogP contribution in [0, 0.1) is 0 Å². The van der Waals surface area contributed by atoms with Crippen molar-refractivity contribution in [2.75, 3.05) is 5.32 Å². The predicted octanol–water partition coefficient (Wildman–Crippen LogP) is 2.44. The number of ether oxygens (including phenoxy) is 1. The van der Waals surface area contributed by atoms with Crippen molar-refractivity contribution in [3.8, 4) is 11.5 Å². The summed E-state index contributed by atoms with van der Waals surface area (Å²) >= 11 is 0. The number of nitrogens with one attached hydrogen (secondary N) is 1. The van der Waals surface area contributed by atoms with Crippen LogP contribution in [-0.4, -0.2) is 11.4 Å². The summed E-state index contributed by atoms with van der Waals surface area (Å²) in [5.74, 6) is 1.31. The summed E-state index contributed by atoms with van der Waals surface area (Å²) < 4.78 is 5.55. The summed E-state index contributed by atoms with van der Waals surface area (Å²) in [6.07, 6.45) is 3.93. The molecule has 0 aliphatic carbocycles. The Bertz CT molecular complexity index is 471. The van der Waals surface area contributed by atoms with E-state index in [4.69, 9.17) is 4.74 Å².